The third-order valence-corrected chi connectivity index (χ3v) is 4.59. The molecule has 1 fully saturated rings. The standard InChI is InChI=1S/C16H32N2O2/c1-4-6-11-18-15(19)13(3)20-16(12-17)9-7-14(5-2)8-10-16/h13-14H,4-12,17H2,1-3H3,(H,18,19). The van der Waals surface area contributed by atoms with E-state index in [9.17, 15) is 4.79 Å². The number of carbonyl (C=O) groups is 1. The molecule has 0 spiro atoms. The van der Waals surface area contributed by atoms with Crippen LogP contribution in [0.25, 0.3) is 0 Å². The summed E-state index contributed by atoms with van der Waals surface area (Å²) in [5, 5.41) is 2.93. The van der Waals surface area contributed by atoms with E-state index in [4.69, 9.17) is 10.5 Å². The maximum atomic E-state index is 12.0. The lowest BCUT2D eigenvalue weighted by atomic mass is 9.77. The molecular weight excluding hydrogens is 252 g/mol. The van der Waals surface area contributed by atoms with Crippen LogP contribution in [0.2, 0.25) is 0 Å². The topological polar surface area (TPSA) is 64.3 Å². The molecule has 1 aliphatic rings. The van der Waals surface area contributed by atoms with Crippen molar-refractivity contribution >= 4 is 5.91 Å². The van der Waals surface area contributed by atoms with Crippen LogP contribution in [0.4, 0.5) is 0 Å². The molecule has 0 aromatic carbocycles. The van der Waals surface area contributed by atoms with Gasteiger partial charge in [0, 0.05) is 13.1 Å². The summed E-state index contributed by atoms with van der Waals surface area (Å²) < 4.78 is 6.08. The highest BCUT2D eigenvalue weighted by Gasteiger charge is 2.37. The fourth-order valence-corrected chi connectivity index (χ4v) is 2.94. The highest BCUT2D eigenvalue weighted by Crippen LogP contribution is 2.36. The monoisotopic (exact) mass is 284 g/mol. The van der Waals surface area contributed by atoms with Gasteiger partial charge < -0.3 is 15.8 Å². The lowest BCUT2D eigenvalue weighted by Gasteiger charge is -2.40. The van der Waals surface area contributed by atoms with Gasteiger partial charge in [0.1, 0.15) is 6.10 Å². The Labute approximate surface area is 123 Å². The summed E-state index contributed by atoms with van der Waals surface area (Å²) >= 11 is 0. The minimum Gasteiger partial charge on any atom is -0.361 e. The molecule has 0 aromatic heterocycles. The molecule has 4 heteroatoms. The Bertz CT molecular complexity index is 286. The van der Waals surface area contributed by atoms with E-state index >= 15 is 0 Å². The summed E-state index contributed by atoms with van der Waals surface area (Å²) in [6.45, 7) is 7.43. The van der Waals surface area contributed by atoms with Gasteiger partial charge in [-0.15, -0.1) is 0 Å². The Morgan fingerprint density at radius 1 is 1.40 bits per heavy atom. The van der Waals surface area contributed by atoms with E-state index in [-0.39, 0.29) is 11.5 Å². The van der Waals surface area contributed by atoms with Crippen LogP contribution in [0.5, 0.6) is 0 Å². The third kappa shape index (κ3) is 5.06. The van der Waals surface area contributed by atoms with Crippen LogP contribution < -0.4 is 11.1 Å². The maximum Gasteiger partial charge on any atom is 0.248 e. The highest BCUT2D eigenvalue weighted by molar-refractivity contribution is 5.80. The molecule has 1 rings (SSSR count). The predicted octanol–water partition coefficient (Wildman–Crippen LogP) is 2.61. The fourth-order valence-electron chi connectivity index (χ4n) is 2.94. The second kappa shape index (κ2) is 8.63. The smallest absolute Gasteiger partial charge is 0.248 e. The van der Waals surface area contributed by atoms with Gasteiger partial charge in [0.15, 0.2) is 0 Å². The first-order chi connectivity index (χ1) is 9.56. The molecule has 20 heavy (non-hydrogen) atoms. The van der Waals surface area contributed by atoms with E-state index in [0.717, 1.165) is 51.0 Å². The van der Waals surface area contributed by atoms with Crippen molar-refractivity contribution in [1.82, 2.24) is 5.32 Å². The van der Waals surface area contributed by atoms with E-state index in [1.807, 2.05) is 6.92 Å². The van der Waals surface area contributed by atoms with Crippen molar-refractivity contribution in [3.63, 3.8) is 0 Å². The molecule has 0 saturated heterocycles. The minimum atomic E-state index is -0.409. The van der Waals surface area contributed by atoms with E-state index < -0.39 is 6.10 Å². The largest absolute Gasteiger partial charge is 0.361 e. The molecule has 3 N–H and O–H groups in total. The normalized spacial score (nSPS) is 28.1. The van der Waals surface area contributed by atoms with Crippen LogP contribution in [0.15, 0.2) is 0 Å². The zero-order valence-electron chi connectivity index (χ0n) is 13.4. The van der Waals surface area contributed by atoms with Crippen LogP contribution in [0, 0.1) is 5.92 Å². The van der Waals surface area contributed by atoms with Gasteiger partial charge in [-0.3, -0.25) is 4.79 Å². The van der Waals surface area contributed by atoms with Crippen molar-refractivity contribution in [1.29, 1.82) is 0 Å². The summed E-state index contributed by atoms with van der Waals surface area (Å²) in [4.78, 5) is 12.0. The quantitative estimate of drug-likeness (QED) is 0.673. The average Bonchev–Trinajstić information content (AvgIpc) is 2.48. The first kappa shape index (κ1) is 17.4. The SMILES string of the molecule is CCCCNC(=O)C(C)OC1(CN)CCC(CC)CC1. The molecule has 1 saturated carbocycles. The molecule has 0 bridgehead atoms. The van der Waals surface area contributed by atoms with Crippen LogP contribution >= 0.6 is 0 Å². The average molecular weight is 284 g/mol. The second-order valence-corrected chi connectivity index (χ2v) is 6.14. The van der Waals surface area contributed by atoms with E-state index in [0.29, 0.717) is 6.54 Å². The number of hydrogen-bond acceptors (Lipinski definition) is 3. The first-order valence-electron chi connectivity index (χ1n) is 8.22. The van der Waals surface area contributed by atoms with Gasteiger partial charge >= 0.3 is 0 Å². The maximum absolute atomic E-state index is 12.0. The van der Waals surface area contributed by atoms with Gasteiger partial charge in [-0.05, 0) is 44.9 Å². The van der Waals surface area contributed by atoms with Gasteiger partial charge in [0.05, 0.1) is 5.60 Å². The zero-order valence-corrected chi connectivity index (χ0v) is 13.4. The Balaban J connectivity index is 2.45. The van der Waals surface area contributed by atoms with E-state index in [1.165, 1.54) is 6.42 Å². The van der Waals surface area contributed by atoms with E-state index in [1.54, 1.807) is 0 Å². The van der Waals surface area contributed by atoms with Crippen LogP contribution in [-0.4, -0.2) is 30.7 Å². The molecular formula is C16H32N2O2. The Kier molecular flexibility index (Phi) is 7.52. The van der Waals surface area contributed by atoms with Gasteiger partial charge in [-0.2, -0.15) is 0 Å². The van der Waals surface area contributed by atoms with Crippen molar-refractivity contribution in [2.24, 2.45) is 11.7 Å². The molecule has 4 nitrogen and oxygen atoms in total. The number of ether oxygens (including phenoxy) is 1. The number of rotatable bonds is 8. The molecule has 0 aliphatic heterocycles. The molecule has 0 heterocycles. The molecule has 118 valence electrons. The molecule has 1 atom stereocenters. The Morgan fingerprint density at radius 3 is 2.55 bits per heavy atom. The van der Waals surface area contributed by atoms with Crippen molar-refractivity contribution < 1.29 is 9.53 Å². The minimum absolute atomic E-state index is 0.0103. The molecule has 0 radical (unpaired) electrons. The van der Waals surface area contributed by atoms with Gasteiger partial charge in [0.25, 0.3) is 0 Å². The lowest BCUT2D eigenvalue weighted by molar-refractivity contribution is -0.150. The summed E-state index contributed by atoms with van der Waals surface area (Å²) in [6, 6.07) is 0. The molecule has 0 aromatic rings. The number of nitrogens with one attached hydrogen (secondary N) is 1. The predicted molar refractivity (Wildman–Crippen MR) is 82.5 cm³/mol. The number of hydrogen-bond donors (Lipinski definition) is 2. The molecule has 1 unspecified atom stereocenters. The fraction of sp³-hybridized carbons (Fsp3) is 0.938. The van der Waals surface area contributed by atoms with Gasteiger partial charge in [-0.1, -0.05) is 26.7 Å². The van der Waals surface area contributed by atoms with E-state index in [2.05, 4.69) is 19.2 Å². The number of carbonyl (C=O) groups excluding carboxylic acids is 1. The summed E-state index contributed by atoms with van der Waals surface area (Å²) in [5.74, 6) is 0.788. The molecule has 1 aliphatic carbocycles. The first-order valence-corrected chi connectivity index (χ1v) is 8.22. The summed E-state index contributed by atoms with van der Waals surface area (Å²) in [6.07, 6.45) is 7.21. The summed E-state index contributed by atoms with van der Waals surface area (Å²) in [7, 11) is 0. The van der Waals surface area contributed by atoms with Crippen LogP contribution in [-0.2, 0) is 9.53 Å². The lowest BCUT2D eigenvalue weighted by Crippen LogP contribution is -2.49. The summed E-state index contributed by atoms with van der Waals surface area (Å²) in [5.41, 5.74) is 5.65. The number of nitrogens with two attached hydrogens (primary N) is 1. The molecule has 1 amide bonds. The van der Waals surface area contributed by atoms with Gasteiger partial charge in [-0.25, -0.2) is 0 Å². The Hall–Kier alpha value is -0.610. The van der Waals surface area contributed by atoms with Crippen molar-refractivity contribution in [3.8, 4) is 0 Å². The number of unbranched alkanes of at least 4 members (excludes halogenated alkanes) is 1. The van der Waals surface area contributed by atoms with Crippen molar-refractivity contribution in [2.45, 2.75) is 77.4 Å². The van der Waals surface area contributed by atoms with Crippen LogP contribution in [0.3, 0.4) is 0 Å². The van der Waals surface area contributed by atoms with Crippen LogP contribution in [0.1, 0.15) is 65.7 Å². The van der Waals surface area contributed by atoms with Crippen molar-refractivity contribution in [2.75, 3.05) is 13.1 Å². The second-order valence-electron chi connectivity index (χ2n) is 6.14. The third-order valence-electron chi connectivity index (χ3n) is 4.59. The number of amides is 1. The zero-order chi connectivity index (χ0) is 15.0. The highest BCUT2D eigenvalue weighted by atomic mass is 16.5. The van der Waals surface area contributed by atoms with Gasteiger partial charge in [0.2, 0.25) is 5.91 Å². The Morgan fingerprint density at radius 2 is 2.05 bits per heavy atom. The van der Waals surface area contributed by atoms with Crippen molar-refractivity contribution in [3.05, 3.63) is 0 Å².